The normalized spacial score (nSPS) is 15.2. The number of esters is 1. The number of carbonyl (C=O) groups excluding carboxylic acids is 3. The molecule has 0 saturated heterocycles. The molecule has 3 aromatic rings. The molecule has 1 aliphatic rings. The molecule has 0 bridgehead atoms. The number of pyridine rings is 1. The van der Waals surface area contributed by atoms with E-state index >= 15 is 0 Å². The summed E-state index contributed by atoms with van der Waals surface area (Å²) < 4.78 is 5.15. The Hall–Kier alpha value is -3.74. The molecule has 2 heterocycles. The van der Waals surface area contributed by atoms with E-state index in [2.05, 4.69) is 10.3 Å². The smallest absolute Gasteiger partial charge is 0.339 e. The Morgan fingerprint density at radius 2 is 1.86 bits per heavy atom. The molecule has 0 saturated carbocycles. The average Bonchev–Trinajstić information content (AvgIpc) is 2.98. The first-order valence-electron chi connectivity index (χ1n) is 8.71. The number of H-pyrrole nitrogens is 1. The minimum absolute atomic E-state index is 0.101. The highest BCUT2D eigenvalue weighted by atomic mass is 16.5. The number of hydrogen-bond donors (Lipinski definition) is 2. The molecule has 2 N–H and O–H groups in total. The molecule has 2 aromatic carbocycles. The maximum atomic E-state index is 12.4. The van der Waals surface area contributed by atoms with Gasteiger partial charge in [0.15, 0.2) is 12.4 Å². The lowest BCUT2D eigenvalue weighted by molar-refractivity contribution is -0.116. The van der Waals surface area contributed by atoms with Crippen LogP contribution in [0.25, 0.3) is 10.9 Å². The Bertz CT molecular complexity index is 1190. The van der Waals surface area contributed by atoms with Gasteiger partial charge < -0.3 is 15.0 Å². The maximum absolute atomic E-state index is 12.4. The number of amides is 1. The minimum Gasteiger partial charge on any atom is -0.454 e. The molecule has 0 unspecified atom stereocenters. The summed E-state index contributed by atoms with van der Waals surface area (Å²) in [6.07, 6.45) is 0. The number of benzene rings is 2. The second-order valence-corrected chi connectivity index (χ2v) is 6.61. The van der Waals surface area contributed by atoms with Crippen LogP contribution in [0, 0.1) is 0 Å². The zero-order valence-electron chi connectivity index (χ0n) is 14.9. The molecule has 7 nitrogen and oxygen atoms in total. The van der Waals surface area contributed by atoms with Gasteiger partial charge in [0.2, 0.25) is 11.5 Å². The number of nitrogens with one attached hydrogen (secondary N) is 2. The molecular weight excluding hydrogens is 360 g/mol. The number of ether oxygens (including phenoxy) is 1. The number of para-hydroxylation sites is 1. The van der Waals surface area contributed by atoms with Crippen LogP contribution in [0.4, 0.5) is 5.69 Å². The van der Waals surface area contributed by atoms with Gasteiger partial charge in [0, 0.05) is 28.2 Å². The van der Waals surface area contributed by atoms with Gasteiger partial charge in [-0.05, 0) is 36.8 Å². The van der Waals surface area contributed by atoms with Gasteiger partial charge in [0.05, 0.1) is 11.5 Å². The fraction of sp³-hybridized carbons (Fsp3) is 0.143. The molecule has 0 radical (unpaired) electrons. The van der Waals surface area contributed by atoms with E-state index in [9.17, 15) is 19.2 Å². The highest BCUT2D eigenvalue weighted by molar-refractivity contribution is 6.06. The van der Waals surface area contributed by atoms with E-state index in [1.807, 2.05) is 0 Å². The zero-order chi connectivity index (χ0) is 19.8. The van der Waals surface area contributed by atoms with E-state index in [0.717, 1.165) is 11.6 Å². The molecule has 140 valence electrons. The lowest BCUT2D eigenvalue weighted by Gasteiger charge is -2.08. The van der Waals surface area contributed by atoms with Crippen molar-refractivity contribution < 1.29 is 19.1 Å². The quantitative estimate of drug-likeness (QED) is 0.538. The summed E-state index contributed by atoms with van der Waals surface area (Å²) in [7, 11) is 0. The topological polar surface area (TPSA) is 105 Å². The zero-order valence-corrected chi connectivity index (χ0v) is 14.9. The average molecular weight is 376 g/mol. The SMILES string of the molecule is C[C@H]1C(=O)Nc2ccc(C(=O)COC(=O)c3cc(=O)[nH]c4ccccc34)cc21. The van der Waals surface area contributed by atoms with Crippen molar-refractivity contribution in [2.45, 2.75) is 12.8 Å². The predicted octanol–water partition coefficient (Wildman–Crippen LogP) is 2.62. The molecule has 1 aromatic heterocycles. The number of ketones is 1. The van der Waals surface area contributed by atoms with E-state index in [1.54, 1.807) is 49.4 Å². The summed E-state index contributed by atoms with van der Waals surface area (Å²) in [5.74, 6) is -1.60. The van der Waals surface area contributed by atoms with Crippen LogP contribution in [-0.2, 0) is 9.53 Å². The van der Waals surface area contributed by atoms with Crippen molar-refractivity contribution in [1.82, 2.24) is 4.98 Å². The van der Waals surface area contributed by atoms with Crippen molar-refractivity contribution in [3.8, 4) is 0 Å². The third kappa shape index (κ3) is 3.07. The first-order valence-corrected chi connectivity index (χ1v) is 8.71. The largest absolute Gasteiger partial charge is 0.454 e. The molecule has 1 amide bonds. The van der Waals surface area contributed by atoms with Gasteiger partial charge in [-0.3, -0.25) is 14.4 Å². The standard InChI is InChI=1S/C21H16N2O5/c1-11-14-8-12(6-7-17(14)23-20(11)26)18(24)10-28-21(27)15-9-19(25)22-16-5-3-2-4-13(15)16/h2-9,11H,10H2,1H3,(H,22,25)(H,23,26)/t11-/m1/s1. The fourth-order valence-corrected chi connectivity index (χ4v) is 3.26. The van der Waals surface area contributed by atoms with Crippen LogP contribution in [0.1, 0.15) is 39.1 Å². The number of aromatic amines is 1. The van der Waals surface area contributed by atoms with Crippen LogP contribution in [0.3, 0.4) is 0 Å². The van der Waals surface area contributed by atoms with Crippen LogP contribution in [0.5, 0.6) is 0 Å². The summed E-state index contributed by atoms with van der Waals surface area (Å²) in [4.78, 5) is 51.0. The third-order valence-corrected chi connectivity index (χ3v) is 4.80. The summed E-state index contributed by atoms with van der Waals surface area (Å²) >= 11 is 0. The number of Topliss-reactive ketones (excluding diaryl/α,β-unsaturated/α-hetero) is 1. The highest BCUT2D eigenvalue weighted by Crippen LogP contribution is 2.32. The summed E-state index contributed by atoms with van der Waals surface area (Å²) in [6.45, 7) is 1.29. The Balaban J connectivity index is 1.53. The van der Waals surface area contributed by atoms with Crippen molar-refractivity contribution in [2.75, 3.05) is 11.9 Å². The lowest BCUT2D eigenvalue weighted by atomic mass is 9.99. The second kappa shape index (κ2) is 6.77. The van der Waals surface area contributed by atoms with Gasteiger partial charge in [-0.15, -0.1) is 0 Å². The van der Waals surface area contributed by atoms with Crippen LogP contribution in [-0.4, -0.2) is 29.3 Å². The van der Waals surface area contributed by atoms with E-state index in [4.69, 9.17) is 4.74 Å². The van der Waals surface area contributed by atoms with Crippen LogP contribution >= 0.6 is 0 Å². The Morgan fingerprint density at radius 1 is 1.07 bits per heavy atom. The maximum Gasteiger partial charge on any atom is 0.339 e. The number of hydrogen-bond acceptors (Lipinski definition) is 5. The van der Waals surface area contributed by atoms with E-state index in [0.29, 0.717) is 22.2 Å². The Kier molecular flexibility index (Phi) is 4.27. The Labute approximate surface area is 159 Å². The van der Waals surface area contributed by atoms with Crippen LogP contribution in [0.15, 0.2) is 53.3 Å². The van der Waals surface area contributed by atoms with Gasteiger partial charge in [-0.1, -0.05) is 18.2 Å². The highest BCUT2D eigenvalue weighted by Gasteiger charge is 2.27. The van der Waals surface area contributed by atoms with Crippen molar-refractivity contribution >= 4 is 34.3 Å². The molecule has 1 aliphatic heterocycles. The fourth-order valence-electron chi connectivity index (χ4n) is 3.26. The summed E-state index contributed by atoms with van der Waals surface area (Å²) in [5, 5.41) is 3.28. The molecule has 0 spiro atoms. The number of carbonyl (C=O) groups is 3. The van der Waals surface area contributed by atoms with E-state index in [-0.39, 0.29) is 17.4 Å². The first-order chi connectivity index (χ1) is 13.4. The van der Waals surface area contributed by atoms with Crippen molar-refractivity contribution in [3.05, 3.63) is 75.6 Å². The van der Waals surface area contributed by atoms with Gasteiger partial charge >= 0.3 is 5.97 Å². The summed E-state index contributed by atoms with van der Waals surface area (Å²) in [5.41, 5.74) is 1.96. The number of anilines is 1. The second-order valence-electron chi connectivity index (χ2n) is 6.61. The predicted molar refractivity (Wildman–Crippen MR) is 103 cm³/mol. The molecular formula is C21H16N2O5. The molecule has 1 atom stereocenters. The van der Waals surface area contributed by atoms with Gasteiger partial charge in [0.1, 0.15) is 0 Å². The van der Waals surface area contributed by atoms with Crippen LogP contribution in [0.2, 0.25) is 0 Å². The van der Waals surface area contributed by atoms with Crippen molar-refractivity contribution in [3.63, 3.8) is 0 Å². The number of fused-ring (bicyclic) bond motifs is 2. The monoisotopic (exact) mass is 376 g/mol. The molecule has 0 fully saturated rings. The minimum atomic E-state index is -0.748. The van der Waals surface area contributed by atoms with E-state index < -0.39 is 23.9 Å². The molecule has 28 heavy (non-hydrogen) atoms. The van der Waals surface area contributed by atoms with Crippen molar-refractivity contribution in [1.29, 1.82) is 0 Å². The number of aromatic nitrogens is 1. The summed E-state index contributed by atoms with van der Waals surface area (Å²) in [6, 6.07) is 12.9. The van der Waals surface area contributed by atoms with Gasteiger partial charge in [0.25, 0.3) is 0 Å². The van der Waals surface area contributed by atoms with E-state index in [1.165, 1.54) is 0 Å². The Morgan fingerprint density at radius 3 is 2.68 bits per heavy atom. The van der Waals surface area contributed by atoms with Crippen LogP contribution < -0.4 is 10.9 Å². The van der Waals surface area contributed by atoms with Gasteiger partial charge in [-0.25, -0.2) is 4.79 Å². The molecule has 7 heteroatoms. The third-order valence-electron chi connectivity index (χ3n) is 4.80. The van der Waals surface area contributed by atoms with Gasteiger partial charge in [-0.2, -0.15) is 0 Å². The molecule has 4 rings (SSSR count). The molecule has 0 aliphatic carbocycles. The lowest BCUT2D eigenvalue weighted by Crippen LogP contribution is -2.17. The van der Waals surface area contributed by atoms with Crippen molar-refractivity contribution in [2.24, 2.45) is 0 Å². The number of rotatable bonds is 4. The first kappa shape index (κ1) is 17.7.